The lowest BCUT2D eigenvalue weighted by atomic mass is 10.1. The molecule has 0 atom stereocenters. The van der Waals surface area contributed by atoms with Gasteiger partial charge in [-0.25, -0.2) is 0 Å². The Balaban J connectivity index is 1.36. The average molecular weight is 366 g/mol. The van der Waals surface area contributed by atoms with Gasteiger partial charge >= 0.3 is 0 Å². The van der Waals surface area contributed by atoms with Gasteiger partial charge in [-0.3, -0.25) is 0 Å². The molecule has 8 nitrogen and oxygen atoms in total. The minimum atomic E-state index is -3.38. The van der Waals surface area contributed by atoms with Gasteiger partial charge in [0, 0.05) is 32.2 Å². The van der Waals surface area contributed by atoms with Gasteiger partial charge in [0.2, 0.25) is 0 Å². The van der Waals surface area contributed by atoms with E-state index < -0.39 is 10.2 Å². The second kappa shape index (κ2) is 6.91. The lowest BCUT2D eigenvalue weighted by Gasteiger charge is -2.36. The van der Waals surface area contributed by atoms with Crippen LogP contribution in [0.25, 0.3) is 11.1 Å². The van der Waals surface area contributed by atoms with Crippen molar-refractivity contribution in [3.05, 3.63) is 24.3 Å². The number of aromatic nitrogens is 1. The van der Waals surface area contributed by atoms with Crippen LogP contribution in [-0.4, -0.2) is 67.4 Å². The molecule has 9 heteroatoms. The number of para-hydroxylation sites is 2. The number of ether oxygens (including phenoxy) is 1. The minimum Gasteiger partial charge on any atom is -0.424 e. The second-order valence-corrected chi connectivity index (χ2v) is 8.25. The second-order valence-electron chi connectivity index (χ2n) is 6.32. The molecular weight excluding hydrogens is 344 g/mol. The predicted molar refractivity (Wildman–Crippen MR) is 93.5 cm³/mol. The summed E-state index contributed by atoms with van der Waals surface area (Å²) in [4.78, 5) is 4.42. The number of nitrogens with zero attached hydrogens (tertiary/aromatic N) is 3. The third-order valence-corrected chi connectivity index (χ3v) is 6.73. The molecule has 2 aliphatic heterocycles. The maximum Gasteiger partial charge on any atom is 0.295 e. The van der Waals surface area contributed by atoms with Crippen molar-refractivity contribution in [3.8, 4) is 0 Å². The molecular formula is C16H22N4O4S. The minimum absolute atomic E-state index is 0.157. The van der Waals surface area contributed by atoms with E-state index in [-0.39, 0.29) is 6.04 Å². The molecule has 2 aliphatic rings. The molecule has 3 heterocycles. The van der Waals surface area contributed by atoms with Gasteiger partial charge in [-0.05, 0) is 25.0 Å². The van der Waals surface area contributed by atoms with Crippen molar-refractivity contribution < 1.29 is 17.6 Å². The molecule has 0 radical (unpaired) electrons. The number of piperidine rings is 1. The summed E-state index contributed by atoms with van der Waals surface area (Å²) >= 11 is 0. The summed E-state index contributed by atoms with van der Waals surface area (Å²) in [6, 6.07) is 8.27. The van der Waals surface area contributed by atoms with Gasteiger partial charge in [-0.2, -0.15) is 22.0 Å². The van der Waals surface area contributed by atoms with Crippen LogP contribution in [0.2, 0.25) is 0 Å². The number of rotatable bonds is 4. The Kier molecular flexibility index (Phi) is 4.63. The third-order valence-electron chi connectivity index (χ3n) is 4.70. The van der Waals surface area contributed by atoms with Gasteiger partial charge in [0.25, 0.3) is 16.2 Å². The first-order valence-electron chi connectivity index (χ1n) is 8.58. The number of hydrogen-bond acceptors (Lipinski definition) is 6. The number of fused-ring (bicyclic) bond motifs is 1. The topological polar surface area (TPSA) is 87.9 Å². The van der Waals surface area contributed by atoms with E-state index in [4.69, 9.17) is 9.15 Å². The Morgan fingerprint density at radius 3 is 2.44 bits per heavy atom. The van der Waals surface area contributed by atoms with Crippen molar-refractivity contribution in [2.45, 2.75) is 18.9 Å². The van der Waals surface area contributed by atoms with E-state index in [1.807, 2.05) is 24.3 Å². The molecule has 0 unspecified atom stereocenters. The Morgan fingerprint density at radius 1 is 1.04 bits per heavy atom. The average Bonchev–Trinajstić information content (AvgIpc) is 3.05. The summed E-state index contributed by atoms with van der Waals surface area (Å²) < 4.78 is 39.3. The fourth-order valence-electron chi connectivity index (χ4n) is 3.28. The van der Waals surface area contributed by atoms with Gasteiger partial charge in [0.1, 0.15) is 5.52 Å². The molecule has 2 fully saturated rings. The first-order chi connectivity index (χ1) is 12.1. The highest BCUT2D eigenvalue weighted by atomic mass is 32.2. The van der Waals surface area contributed by atoms with Gasteiger partial charge in [-0.15, -0.1) is 0 Å². The van der Waals surface area contributed by atoms with E-state index in [2.05, 4.69) is 10.3 Å². The Labute approximate surface area is 146 Å². The van der Waals surface area contributed by atoms with Crippen LogP contribution in [0.1, 0.15) is 12.8 Å². The number of anilines is 1. The van der Waals surface area contributed by atoms with E-state index >= 15 is 0 Å². The molecule has 0 aliphatic carbocycles. The number of nitrogens with one attached hydrogen (secondary N) is 1. The molecule has 1 N–H and O–H groups in total. The van der Waals surface area contributed by atoms with Crippen molar-refractivity contribution >= 4 is 27.3 Å². The van der Waals surface area contributed by atoms with Crippen LogP contribution in [0.4, 0.5) is 6.01 Å². The summed E-state index contributed by atoms with van der Waals surface area (Å²) in [5, 5.41) is 3.29. The van der Waals surface area contributed by atoms with Crippen LogP contribution in [0, 0.1) is 0 Å². The lowest BCUT2D eigenvalue weighted by Crippen LogP contribution is -2.51. The zero-order valence-corrected chi connectivity index (χ0v) is 14.7. The fraction of sp³-hybridized carbons (Fsp3) is 0.562. The number of oxazole rings is 1. The third kappa shape index (κ3) is 3.50. The van der Waals surface area contributed by atoms with Crippen LogP contribution in [0.5, 0.6) is 0 Å². The Morgan fingerprint density at radius 2 is 1.72 bits per heavy atom. The zero-order chi connectivity index (χ0) is 17.3. The van der Waals surface area contributed by atoms with E-state index in [9.17, 15) is 8.42 Å². The molecule has 0 amide bonds. The first-order valence-corrected chi connectivity index (χ1v) is 9.98. The van der Waals surface area contributed by atoms with Crippen molar-refractivity contribution in [1.29, 1.82) is 0 Å². The van der Waals surface area contributed by atoms with Gasteiger partial charge in [-0.1, -0.05) is 12.1 Å². The largest absolute Gasteiger partial charge is 0.424 e. The Hall–Kier alpha value is -1.68. The molecule has 2 aromatic rings. The highest BCUT2D eigenvalue weighted by molar-refractivity contribution is 7.86. The highest BCUT2D eigenvalue weighted by Gasteiger charge is 2.34. The summed E-state index contributed by atoms with van der Waals surface area (Å²) in [7, 11) is -3.38. The van der Waals surface area contributed by atoms with Gasteiger partial charge in [0.15, 0.2) is 5.58 Å². The molecule has 25 heavy (non-hydrogen) atoms. The molecule has 0 bridgehead atoms. The normalized spacial score (nSPS) is 21.6. The smallest absolute Gasteiger partial charge is 0.295 e. The van der Waals surface area contributed by atoms with Crippen LogP contribution in [0.3, 0.4) is 0 Å². The van der Waals surface area contributed by atoms with Gasteiger partial charge < -0.3 is 14.5 Å². The van der Waals surface area contributed by atoms with Gasteiger partial charge in [0.05, 0.1) is 13.2 Å². The van der Waals surface area contributed by atoms with Crippen molar-refractivity contribution in [3.63, 3.8) is 0 Å². The number of hydrogen-bond donors (Lipinski definition) is 1. The highest BCUT2D eigenvalue weighted by Crippen LogP contribution is 2.23. The quantitative estimate of drug-likeness (QED) is 0.877. The van der Waals surface area contributed by atoms with Crippen molar-refractivity contribution in [1.82, 2.24) is 13.6 Å². The van der Waals surface area contributed by atoms with E-state index in [0.717, 1.165) is 23.9 Å². The number of morpholine rings is 1. The summed E-state index contributed by atoms with van der Waals surface area (Å²) in [6.07, 6.45) is 1.45. The van der Waals surface area contributed by atoms with Crippen LogP contribution < -0.4 is 5.32 Å². The SMILES string of the molecule is O=S(=O)(N1CCOCC1)N1CCC(Nc2nc3ccccc3o2)CC1. The zero-order valence-electron chi connectivity index (χ0n) is 13.9. The predicted octanol–water partition coefficient (Wildman–Crippen LogP) is 1.28. The summed E-state index contributed by atoms with van der Waals surface area (Å²) in [6.45, 7) is 2.80. The van der Waals surface area contributed by atoms with E-state index in [0.29, 0.717) is 45.4 Å². The summed E-state index contributed by atoms with van der Waals surface area (Å²) in [5.74, 6) is 0. The molecule has 2 saturated heterocycles. The molecule has 1 aromatic heterocycles. The first kappa shape index (κ1) is 16.8. The fourth-order valence-corrected chi connectivity index (χ4v) is 4.89. The number of benzene rings is 1. The standard InChI is InChI=1S/C16H22N4O4S/c21-25(22,20-9-11-23-12-10-20)19-7-5-13(6-8-19)17-16-18-14-3-1-2-4-15(14)24-16/h1-4,13H,5-12H2,(H,17,18). The molecule has 0 saturated carbocycles. The Bertz CT molecular complexity index is 791. The lowest BCUT2D eigenvalue weighted by molar-refractivity contribution is 0.0696. The van der Waals surface area contributed by atoms with Crippen LogP contribution in [0.15, 0.2) is 28.7 Å². The molecule has 1 aromatic carbocycles. The van der Waals surface area contributed by atoms with Crippen molar-refractivity contribution in [2.75, 3.05) is 44.7 Å². The van der Waals surface area contributed by atoms with Crippen LogP contribution >= 0.6 is 0 Å². The maximum atomic E-state index is 12.7. The van der Waals surface area contributed by atoms with E-state index in [1.54, 1.807) is 4.31 Å². The summed E-state index contributed by atoms with van der Waals surface area (Å²) in [5.41, 5.74) is 1.56. The van der Waals surface area contributed by atoms with E-state index in [1.165, 1.54) is 4.31 Å². The molecule has 4 rings (SSSR count). The molecule has 0 spiro atoms. The van der Waals surface area contributed by atoms with Crippen LogP contribution in [-0.2, 0) is 14.9 Å². The molecule has 136 valence electrons. The van der Waals surface area contributed by atoms with Crippen molar-refractivity contribution in [2.24, 2.45) is 0 Å². The monoisotopic (exact) mass is 366 g/mol. The maximum absolute atomic E-state index is 12.7.